The molecular weight excluding hydrogens is 464 g/mol. The number of H-pyrrole nitrogens is 1. The minimum atomic E-state index is -0.451. The summed E-state index contributed by atoms with van der Waals surface area (Å²) in [6, 6.07) is 7.68. The molecule has 0 fully saturated rings. The van der Waals surface area contributed by atoms with Crippen molar-refractivity contribution in [3.63, 3.8) is 0 Å². The summed E-state index contributed by atoms with van der Waals surface area (Å²) in [6.45, 7) is 7.73. The lowest BCUT2D eigenvalue weighted by Crippen LogP contribution is -2.12. The number of benzene rings is 1. The molecule has 33 heavy (non-hydrogen) atoms. The van der Waals surface area contributed by atoms with Crippen LogP contribution in [0.1, 0.15) is 51.6 Å². The number of fused-ring (bicyclic) bond motifs is 1. The first-order valence-corrected chi connectivity index (χ1v) is 11.9. The highest BCUT2D eigenvalue weighted by Crippen LogP contribution is 2.34. The number of thioether (sulfide) groups is 1. The van der Waals surface area contributed by atoms with Crippen molar-refractivity contribution in [2.45, 2.75) is 44.8 Å². The van der Waals surface area contributed by atoms with Crippen molar-refractivity contribution in [1.29, 1.82) is 0 Å². The van der Waals surface area contributed by atoms with Gasteiger partial charge < -0.3 is 18.9 Å². The predicted octanol–water partition coefficient (Wildman–Crippen LogP) is 4.59. The van der Waals surface area contributed by atoms with E-state index in [1.165, 1.54) is 11.8 Å². The number of carbonyl (C=O) groups excluding carboxylic acids is 1. The van der Waals surface area contributed by atoms with Crippen LogP contribution in [0.3, 0.4) is 0 Å². The van der Waals surface area contributed by atoms with E-state index in [1.54, 1.807) is 13.8 Å². The minimum absolute atomic E-state index is 0.150. The fraction of sp³-hybridized carbons (Fsp3) is 0.318. The van der Waals surface area contributed by atoms with E-state index in [9.17, 15) is 9.59 Å². The predicted molar refractivity (Wildman–Crippen MR) is 125 cm³/mol. The largest absolute Gasteiger partial charge is 0.484 e. The smallest absolute Gasteiger partial charge is 0.348 e. The number of aromatic amines is 1. The molecule has 3 aromatic heterocycles. The number of rotatable bonds is 8. The van der Waals surface area contributed by atoms with Crippen molar-refractivity contribution < 1.29 is 18.7 Å². The molecule has 1 atom stereocenters. The summed E-state index contributed by atoms with van der Waals surface area (Å²) in [5.74, 6) is 1.06. The van der Waals surface area contributed by atoms with Crippen LogP contribution in [0.5, 0.6) is 5.75 Å². The zero-order chi connectivity index (χ0) is 23.5. The molecule has 0 bridgehead atoms. The normalized spacial score (nSPS) is 12.1. The van der Waals surface area contributed by atoms with Gasteiger partial charge in [-0.1, -0.05) is 23.9 Å². The fourth-order valence-corrected chi connectivity index (χ4v) is 4.99. The molecule has 0 radical (unpaired) electrons. The summed E-state index contributed by atoms with van der Waals surface area (Å²) in [5.41, 5.74) is 1.37. The van der Waals surface area contributed by atoms with Gasteiger partial charge in [0.25, 0.3) is 16.7 Å². The number of nitrogens with one attached hydrogen (secondary N) is 1. The molecule has 0 spiro atoms. The summed E-state index contributed by atoms with van der Waals surface area (Å²) in [7, 11) is 0. The number of nitrogens with zero attached hydrogens (tertiary/aromatic N) is 3. The summed E-state index contributed by atoms with van der Waals surface area (Å²) in [4.78, 5) is 33.1. The van der Waals surface area contributed by atoms with Gasteiger partial charge in [0.05, 0.1) is 17.2 Å². The van der Waals surface area contributed by atoms with Crippen LogP contribution in [0.25, 0.3) is 10.2 Å². The van der Waals surface area contributed by atoms with Gasteiger partial charge in [-0.3, -0.25) is 4.79 Å². The first-order chi connectivity index (χ1) is 15.9. The quantitative estimate of drug-likeness (QED) is 0.281. The zero-order valence-electron chi connectivity index (χ0n) is 18.5. The number of ether oxygens (including phenoxy) is 2. The van der Waals surface area contributed by atoms with Gasteiger partial charge in [0.2, 0.25) is 0 Å². The van der Waals surface area contributed by atoms with Crippen molar-refractivity contribution >= 4 is 39.3 Å². The third-order valence-corrected chi connectivity index (χ3v) is 6.85. The van der Waals surface area contributed by atoms with Gasteiger partial charge in [0, 0.05) is 0 Å². The Bertz CT molecular complexity index is 1360. The average Bonchev–Trinajstić information content (AvgIpc) is 3.36. The molecule has 4 aromatic rings. The number of esters is 1. The zero-order valence-corrected chi connectivity index (χ0v) is 20.1. The maximum absolute atomic E-state index is 12.7. The maximum atomic E-state index is 12.7. The molecule has 1 unspecified atom stereocenters. The van der Waals surface area contributed by atoms with Crippen LogP contribution in [0.4, 0.5) is 0 Å². The summed E-state index contributed by atoms with van der Waals surface area (Å²) >= 11 is 2.42. The Hall–Kier alpha value is -3.18. The van der Waals surface area contributed by atoms with E-state index >= 15 is 0 Å². The second-order valence-electron chi connectivity index (χ2n) is 7.23. The Morgan fingerprint density at radius 3 is 2.88 bits per heavy atom. The SMILES string of the molecule is CCOC(=O)c1sc2nc(C(C)Sc3nnc(COc4cccc(C)c4)o3)[nH]c(=O)c2c1C. The number of hydrogen-bond donors (Lipinski definition) is 1. The average molecular weight is 487 g/mol. The van der Waals surface area contributed by atoms with Crippen LogP contribution in [0, 0.1) is 13.8 Å². The second kappa shape index (κ2) is 9.75. The standard InChI is InChI=1S/C22H22N4O5S2/c1-5-29-21(28)17-12(3)16-19(27)23-18(24-20(16)33-17)13(4)32-22-26-25-15(31-22)10-30-14-8-6-7-11(2)9-14/h6-9,13H,5,10H2,1-4H3,(H,23,24,27). The molecular formula is C22H22N4O5S2. The van der Waals surface area contributed by atoms with E-state index in [1.807, 2.05) is 38.1 Å². The molecule has 4 rings (SSSR count). The van der Waals surface area contributed by atoms with Gasteiger partial charge in [0.1, 0.15) is 21.3 Å². The van der Waals surface area contributed by atoms with Gasteiger partial charge in [0.15, 0.2) is 6.61 Å². The molecule has 1 aromatic carbocycles. The van der Waals surface area contributed by atoms with Crippen LogP contribution >= 0.6 is 23.1 Å². The molecule has 0 aliphatic rings. The first kappa shape index (κ1) is 23.0. The van der Waals surface area contributed by atoms with Crippen LogP contribution in [0.2, 0.25) is 0 Å². The molecule has 172 valence electrons. The Morgan fingerprint density at radius 1 is 1.30 bits per heavy atom. The lowest BCUT2D eigenvalue weighted by Gasteiger charge is -2.07. The van der Waals surface area contributed by atoms with Crippen molar-refractivity contribution in [2.24, 2.45) is 0 Å². The molecule has 0 saturated heterocycles. The van der Waals surface area contributed by atoms with E-state index in [4.69, 9.17) is 13.9 Å². The first-order valence-electron chi connectivity index (χ1n) is 10.2. The van der Waals surface area contributed by atoms with Crippen molar-refractivity contribution in [3.8, 4) is 5.75 Å². The molecule has 1 N–H and O–H groups in total. The lowest BCUT2D eigenvalue weighted by molar-refractivity contribution is 0.0531. The molecule has 3 heterocycles. The molecule has 11 heteroatoms. The molecule has 0 amide bonds. The van der Waals surface area contributed by atoms with Crippen LogP contribution in [0.15, 0.2) is 38.7 Å². The summed E-state index contributed by atoms with van der Waals surface area (Å²) in [6.07, 6.45) is 0. The van der Waals surface area contributed by atoms with Crippen LogP contribution < -0.4 is 10.3 Å². The van der Waals surface area contributed by atoms with E-state index in [2.05, 4.69) is 20.2 Å². The topological polar surface area (TPSA) is 120 Å². The minimum Gasteiger partial charge on any atom is -0.484 e. The van der Waals surface area contributed by atoms with Gasteiger partial charge in [-0.25, -0.2) is 9.78 Å². The monoisotopic (exact) mass is 486 g/mol. The molecule has 0 aliphatic heterocycles. The number of aryl methyl sites for hydroxylation is 2. The van der Waals surface area contributed by atoms with Gasteiger partial charge in [-0.05, 0) is 51.0 Å². The second-order valence-corrected chi connectivity index (χ2v) is 9.53. The van der Waals surface area contributed by atoms with E-state index < -0.39 is 5.97 Å². The van der Waals surface area contributed by atoms with Gasteiger partial charge in [-0.15, -0.1) is 21.5 Å². The van der Waals surface area contributed by atoms with Crippen molar-refractivity contribution in [2.75, 3.05) is 6.61 Å². The van der Waals surface area contributed by atoms with Crippen LogP contribution in [-0.4, -0.2) is 32.7 Å². The Morgan fingerprint density at radius 2 is 2.12 bits per heavy atom. The lowest BCUT2D eigenvalue weighted by atomic mass is 10.2. The molecule has 9 nitrogen and oxygen atoms in total. The van der Waals surface area contributed by atoms with E-state index in [0.717, 1.165) is 22.6 Å². The highest BCUT2D eigenvalue weighted by Gasteiger charge is 2.22. The third-order valence-electron chi connectivity index (χ3n) is 4.74. The number of thiophene rings is 1. The molecule has 0 saturated carbocycles. The maximum Gasteiger partial charge on any atom is 0.348 e. The van der Waals surface area contributed by atoms with Crippen LogP contribution in [-0.2, 0) is 11.3 Å². The Kier molecular flexibility index (Phi) is 6.80. The number of carbonyl (C=O) groups is 1. The van der Waals surface area contributed by atoms with Crippen molar-refractivity contribution in [1.82, 2.24) is 20.2 Å². The van der Waals surface area contributed by atoms with E-state index in [-0.39, 0.29) is 24.0 Å². The third kappa shape index (κ3) is 5.09. The number of hydrogen-bond acceptors (Lipinski definition) is 10. The Labute approximate surface area is 197 Å². The van der Waals surface area contributed by atoms with Gasteiger partial charge in [-0.2, -0.15) is 0 Å². The number of aromatic nitrogens is 4. The Balaban J connectivity index is 1.48. The van der Waals surface area contributed by atoms with Gasteiger partial charge >= 0.3 is 5.97 Å². The fourth-order valence-electron chi connectivity index (χ4n) is 3.15. The van der Waals surface area contributed by atoms with E-state index in [0.29, 0.717) is 37.6 Å². The highest BCUT2D eigenvalue weighted by molar-refractivity contribution is 7.99. The van der Waals surface area contributed by atoms with Crippen molar-refractivity contribution in [3.05, 3.63) is 62.3 Å². The summed E-state index contributed by atoms with van der Waals surface area (Å²) < 4.78 is 16.4. The highest BCUT2D eigenvalue weighted by atomic mass is 32.2. The molecule has 0 aliphatic carbocycles. The summed E-state index contributed by atoms with van der Waals surface area (Å²) in [5, 5.41) is 8.52.